The molecule has 1 saturated heterocycles. The monoisotopic (exact) mass is 278 g/mol. The van der Waals surface area contributed by atoms with Gasteiger partial charge in [-0.15, -0.1) is 0 Å². The van der Waals surface area contributed by atoms with Crippen LogP contribution in [0.15, 0.2) is 18.2 Å². The molecule has 0 aromatic heterocycles. The zero-order chi connectivity index (χ0) is 14.4. The van der Waals surface area contributed by atoms with Gasteiger partial charge in [0, 0.05) is 44.2 Å². The van der Waals surface area contributed by atoms with Gasteiger partial charge in [-0.25, -0.2) is 0 Å². The van der Waals surface area contributed by atoms with Crippen molar-refractivity contribution in [2.75, 3.05) is 26.7 Å². The van der Waals surface area contributed by atoms with Gasteiger partial charge >= 0.3 is 0 Å². The van der Waals surface area contributed by atoms with Crippen LogP contribution in [0.3, 0.4) is 0 Å². The largest absolute Gasteiger partial charge is 0.507 e. The summed E-state index contributed by atoms with van der Waals surface area (Å²) in [6.07, 6.45) is 2.76. The van der Waals surface area contributed by atoms with Crippen LogP contribution in [0.5, 0.6) is 11.5 Å². The van der Waals surface area contributed by atoms with E-state index in [-0.39, 0.29) is 11.7 Å². The number of aromatic hydroxyl groups is 1. The standard InChI is InChI=1S/C15H22N2O3/c1-20-13-5-4-12(14(18)10-13)11-16-7-6-15(19)17-8-2-3-9-17/h4-5,10,16,18H,2-3,6-9,11H2,1H3. The number of benzene rings is 1. The van der Waals surface area contributed by atoms with Crippen LogP contribution in [0, 0.1) is 0 Å². The molecule has 5 nitrogen and oxygen atoms in total. The second-order valence-corrected chi connectivity index (χ2v) is 5.01. The summed E-state index contributed by atoms with van der Waals surface area (Å²) in [6, 6.07) is 5.22. The lowest BCUT2D eigenvalue weighted by atomic mass is 10.2. The summed E-state index contributed by atoms with van der Waals surface area (Å²) in [6.45, 7) is 2.97. The van der Waals surface area contributed by atoms with Crippen molar-refractivity contribution >= 4 is 5.91 Å². The summed E-state index contributed by atoms with van der Waals surface area (Å²) >= 11 is 0. The Hall–Kier alpha value is -1.75. The van der Waals surface area contributed by atoms with Crippen LogP contribution in [-0.4, -0.2) is 42.7 Å². The van der Waals surface area contributed by atoms with Crippen LogP contribution in [0.2, 0.25) is 0 Å². The highest BCUT2D eigenvalue weighted by atomic mass is 16.5. The number of phenols is 1. The van der Waals surface area contributed by atoms with E-state index in [4.69, 9.17) is 4.74 Å². The first-order chi connectivity index (χ1) is 9.70. The number of likely N-dealkylation sites (tertiary alicyclic amines) is 1. The maximum Gasteiger partial charge on any atom is 0.223 e. The molecule has 20 heavy (non-hydrogen) atoms. The van der Waals surface area contributed by atoms with Crippen molar-refractivity contribution < 1.29 is 14.6 Å². The molecule has 0 aliphatic carbocycles. The van der Waals surface area contributed by atoms with Crippen LogP contribution >= 0.6 is 0 Å². The topological polar surface area (TPSA) is 61.8 Å². The summed E-state index contributed by atoms with van der Waals surface area (Å²) in [5.74, 6) is 1.06. The van der Waals surface area contributed by atoms with E-state index < -0.39 is 0 Å². The quantitative estimate of drug-likeness (QED) is 0.774. The third-order valence-electron chi connectivity index (χ3n) is 3.58. The van der Waals surface area contributed by atoms with E-state index in [9.17, 15) is 9.90 Å². The number of ether oxygens (including phenoxy) is 1. The molecule has 0 spiro atoms. The van der Waals surface area contributed by atoms with Crippen LogP contribution in [-0.2, 0) is 11.3 Å². The molecule has 1 aromatic carbocycles. The summed E-state index contributed by atoms with van der Waals surface area (Å²) in [7, 11) is 1.57. The predicted octanol–water partition coefficient (Wildman–Crippen LogP) is 1.50. The van der Waals surface area contributed by atoms with Gasteiger partial charge in [0.25, 0.3) is 0 Å². The first-order valence-corrected chi connectivity index (χ1v) is 7.05. The van der Waals surface area contributed by atoms with E-state index in [2.05, 4.69) is 5.32 Å². The molecule has 0 atom stereocenters. The summed E-state index contributed by atoms with van der Waals surface area (Å²) in [5, 5.41) is 13.0. The molecule has 1 heterocycles. The number of methoxy groups -OCH3 is 1. The van der Waals surface area contributed by atoms with Crippen molar-refractivity contribution in [3.63, 3.8) is 0 Å². The fourth-order valence-corrected chi connectivity index (χ4v) is 2.36. The van der Waals surface area contributed by atoms with Crippen molar-refractivity contribution in [2.45, 2.75) is 25.8 Å². The van der Waals surface area contributed by atoms with Gasteiger partial charge in [0.15, 0.2) is 0 Å². The van der Waals surface area contributed by atoms with E-state index >= 15 is 0 Å². The van der Waals surface area contributed by atoms with Gasteiger partial charge in [0.1, 0.15) is 11.5 Å². The van der Waals surface area contributed by atoms with Crippen molar-refractivity contribution in [3.05, 3.63) is 23.8 Å². The molecule has 2 rings (SSSR count). The van der Waals surface area contributed by atoms with Crippen molar-refractivity contribution in [2.24, 2.45) is 0 Å². The predicted molar refractivity (Wildman–Crippen MR) is 76.8 cm³/mol. The zero-order valence-corrected chi connectivity index (χ0v) is 11.9. The maximum atomic E-state index is 11.8. The Bertz CT molecular complexity index is 456. The fourth-order valence-electron chi connectivity index (χ4n) is 2.36. The molecule has 110 valence electrons. The van der Waals surface area contributed by atoms with E-state index in [0.717, 1.165) is 31.5 Å². The van der Waals surface area contributed by atoms with Gasteiger partial charge in [-0.05, 0) is 18.9 Å². The van der Waals surface area contributed by atoms with Gasteiger partial charge in [-0.1, -0.05) is 6.07 Å². The molecule has 0 unspecified atom stereocenters. The Morgan fingerprint density at radius 1 is 1.40 bits per heavy atom. The van der Waals surface area contributed by atoms with Crippen LogP contribution in [0.1, 0.15) is 24.8 Å². The molecular formula is C15H22N2O3. The Morgan fingerprint density at radius 3 is 2.80 bits per heavy atom. The first kappa shape index (κ1) is 14.7. The zero-order valence-electron chi connectivity index (χ0n) is 11.9. The van der Waals surface area contributed by atoms with Gasteiger partial charge in [0.2, 0.25) is 5.91 Å². The van der Waals surface area contributed by atoms with Gasteiger partial charge < -0.3 is 20.1 Å². The van der Waals surface area contributed by atoms with Crippen molar-refractivity contribution in [1.29, 1.82) is 0 Å². The van der Waals surface area contributed by atoms with E-state index in [1.54, 1.807) is 13.2 Å². The molecular weight excluding hydrogens is 256 g/mol. The third kappa shape index (κ3) is 3.87. The molecule has 2 N–H and O–H groups in total. The highest BCUT2D eigenvalue weighted by molar-refractivity contribution is 5.76. The fraction of sp³-hybridized carbons (Fsp3) is 0.533. The number of nitrogens with one attached hydrogen (secondary N) is 1. The lowest BCUT2D eigenvalue weighted by Crippen LogP contribution is -2.30. The van der Waals surface area contributed by atoms with Crippen molar-refractivity contribution in [1.82, 2.24) is 10.2 Å². The number of rotatable bonds is 6. The second kappa shape index (κ2) is 7.14. The first-order valence-electron chi connectivity index (χ1n) is 7.05. The maximum absolute atomic E-state index is 11.8. The third-order valence-corrected chi connectivity index (χ3v) is 3.58. The number of hydrogen-bond acceptors (Lipinski definition) is 4. The van der Waals surface area contributed by atoms with E-state index in [0.29, 0.717) is 25.3 Å². The number of carbonyl (C=O) groups is 1. The smallest absolute Gasteiger partial charge is 0.223 e. The highest BCUT2D eigenvalue weighted by Crippen LogP contribution is 2.23. The molecule has 1 aliphatic rings. The lowest BCUT2D eigenvalue weighted by Gasteiger charge is -2.15. The molecule has 1 amide bonds. The Labute approximate surface area is 119 Å². The van der Waals surface area contributed by atoms with Crippen LogP contribution < -0.4 is 10.1 Å². The number of amides is 1. The minimum atomic E-state index is 0.211. The molecule has 0 radical (unpaired) electrons. The van der Waals surface area contributed by atoms with Crippen LogP contribution in [0.4, 0.5) is 0 Å². The molecule has 0 saturated carbocycles. The lowest BCUT2D eigenvalue weighted by molar-refractivity contribution is -0.130. The van der Waals surface area contributed by atoms with E-state index in [1.807, 2.05) is 17.0 Å². The molecule has 1 aromatic rings. The Balaban J connectivity index is 1.71. The number of carbonyl (C=O) groups excluding carboxylic acids is 1. The molecule has 5 heteroatoms. The summed E-state index contributed by atoms with van der Waals surface area (Å²) in [5.41, 5.74) is 0.805. The second-order valence-electron chi connectivity index (χ2n) is 5.01. The SMILES string of the molecule is COc1ccc(CNCCC(=O)N2CCCC2)c(O)c1. The van der Waals surface area contributed by atoms with Gasteiger partial charge in [-0.2, -0.15) is 0 Å². The summed E-state index contributed by atoms with van der Waals surface area (Å²) in [4.78, 5) is 13.8. The average Bonchev–Trinajstić information content (AvgIpc) is 2.98. The van der Waals surface area contributed by atoms with Crippen molar-refractivity contribution in [3.8, 4) is 11.5 Å². The van der Waals surface area contributed by atoms with Crippen LogP contribution in [0.25, 0.3) is 0 Å². The number of phenolic OH excluding ortho intramolecular Hbond substituents is 1. The molecule has 0 bridgehead atoms. The minimum absolute atomic E-state index is 0.211. The van der Waals surface area contributed by atoms with Gasteiger partial charge in [-0.3, -0.25) is 4.79 Å². The molecule has 1 aliphatic heterocycles. The normalized spacial score (nSPS) is 14.6. The minimum Gasteiger partial charge on any atom is -0.507 e. The molecule has 1 fully saturated rings. The Kier molecular flexibility index (Phi) is 5.24. The highest BCUT2D eigenvalue weighted by Gasteiger charge is 2.16. The van der Waals surface area contributed by atoms with E-state index in [1.165, 1.54) is 0 Å². The Morgan fingerprint density at radius 2 is 2.15 bits per heavy atom. The number of nitrogens with zero attached hydrogens (tertiary/aromatic N) is 1. The van der Waals surface area contributed by atoms with Gasteiger partial charge in [0.05, 0.1) is 7.11 Å². The number of hydrogen-bond donors (Lipinski definition) is 2. The summed E-state index contributed by atoms with van der Waals surface area (Å²) < 4.78 is 5.03. The average molecular weight is 278 g/mol.